The van der Waals surface area contributed by atoms with Crippen LogP contribution in [0.2, 0.25) is 0 Å². The number of benzene rings is 2. The van der Waals surface area contributed by atoms with Crippen LogP contribution in [0.25, 0.3) is 0 Å². The molecule has 4 rings (SSSR count). The van der Waals surface area contributed by atoms with E-state index in [1.165, 1.54) is 75.3 Å². The minimum absolute atomic E-state index is 0.759. The van der Waals surface area contributed by atoms with Crippen LogP contribution in [0.15, 0.2) is 42.5 Å². The first kappa shape index (κ1) is 22.2. The van der Waals surface area contributed by atoms with Crippen LogP contribution in [0.1, 0.15) is 93.7 Å². The first-order chi connectivity index (χ1) is 15.1. The maximum Gasteiger partial charge on any atom is 0.0337 e. The van der Waals surface area contributed by atoms with E-state index < -0.39 is 0 Å². The zero-order valence-corrected chi connectivity index (χ0v) is 19.5. The second kappa shape index (κ2) is 10.6. The molecule has 2 saturated carbocycles. The van der Waals surface area contributed by atoms with Gasteiger partial charge in [-0.2, -0.15) is 0 Å². The highest BCUT2D eigenvalue weighted by molar-refractivity contribution is 5.54. The number of hydrogen-bond acceptors (Lipinski definition) is 2. The number of rotatable bonds is 7. The summed E-state index contributed by atoms with van der Waals surface area (Å²) < 4.78 is 0. The Labute approximate surface area is 189 Å². The molecule has 2 aliphatic rings. The topological polar surface area (TPSA) is 52.0 Å². The molecule has 168 valence electrons. The maximum atomic E-state index is 5.93. The summed E-state index contributed by atoms with van der Waals surface area (Å²) in [5.41, 5.74) is 17.6. The van der Waals surface area contributed by atoms with Crippen LogP contribution in [0, 0.1) is 17.8 Å². The van der Waals surface area contributed by atoms with Gasteiger partial charge in [-0.25, -0.2) is 0 Å². The predicted molar refractivity (Wildman–Crippen MR) is 134 cm³/mol. The predicted octanol–water partition coefficient (Wildman–Crippen LogP) is 7.52. The Morgan fingerprint density at radius 2 is 1.23 bits per heavy atom. The Hall–Kier alpha value is -1.96. The second-order valence-corrected chi connectivity index (χ2v) is 10.4. The molecule has 2 aromatic rings. The summed E-state index contributed by atoms with van der Waals surface area (Å²) in [7, 11) is 0. The standard InChI is InChI=1S/C29H42N2/c1-2-3-21-6-10-24(11-7-21)26-14-16-27(17-15-26)25-12-8-22(9-13-25)4-5-23-18-28(30)20-29(31)19-23/h8-9,12-13,18-21,24,26-27H,2-7,10-11,14-17,30-31H2,1H3. The Balaban J connectivity index is 1.24. The van der Waals surface area contributed by atoms with E-state index in [2.05, 4.69) is 31.2 Å². The molecule has 0 aliphatic heterocycles. The second-order valence-electron chi connectivity index (χ2n) is 10.4. The molecule has 0 amide bonds. The van der Waals surface area contributed by atoms with Crippen LogP contribution in [0.5, 0.6) is 0 Å². The molecule has 0 bridgehead atoms. The van der Waals surface area contributed by atoms with E-state index >= 15 is 0 Å². The van der Waals surface area contributed by atoms with Crippen LogP contribution in [-0.4, -0.2) is 0 Å². The normalized spacial score (nSPS) is 26.6. The van der Waals surface area contributed by atoms with Gasteiger partial charge in [0.25, 0.3) is 0 Å². The summed E-state index contributed by atoms with van der Waals surface area (Å²) >= 11 is 0. The zero-order valence-electron chi connectivity index (χ0n) is 19.5. The quantitative estimate of drug-likeness (QED) is 0.457. The molecule has 0 radical (unpaired) electrons. The van der Waals surface area contributed by atoms with Crippen molar-refractivity contribution in [1.82, 2.24) is 0 Å². The van der Waals surface area contributed by atoms with Crippen LogP contribution in [-0.2, 0) is 12.8 Å². The maximum absolute atomic E-state index is 5.93. The SMILES string of the molecule is CCCC1CCC(C2CCC(c3ccc(CCc4cc(N)cc(N)c4)cc3)CC2)CC1. The summed E-state index contributed by atoms with van der Waals surface area (Å²) in [4.78, 5) is 0. The van der Waals surface area contributed by atoms with Gasteiger partial charge in [0, 0.05) is 11.4 Å². The Morgan fingerprint density at radius 1 is 0.677 bits per heavy atom. The van der Waals surface area contributed by atoms with Crippen molar-refractivity contribution in [2.45, 2.75) is 89.9 Å². The highest BCUT2D eigenvalue weighted by atomic mass is 14.6. The third-order valence-electron chi connectivity index (χ3n) is 8.22. The largest absolute Gasteiger partial charge is 0.399 e. The van der Waals surface area contributed by atoms with Crippen molar-refractivity contribution < 1.29 is 0 Å². The van der Waals surface area contributed by atoms with Crippen molar-refractivity contribution >= 4 is 11.4 Å². The molecule has 2 heteroatoms. The van der Waals surface area contributed by atoms with Gasteiger partial charge in [0.05, 0.1) is 0 Å². The molecular formula is C29H42N2. The molecule has 0 saturated heterocycles. The molecule has 2 fully saturated rings. The van der Waals surface area contributed by atoms with Crippen LogP contribution >= 0.6 is 0 Å². The highest BCUT2D eigenvalue weighted by Crippen LogP contribution is 2.44. The van der Waals surface area contributed by atoms with Gasteiger partial charge in [-0.05, 0) is 110 Å². The van der Waals surface area contributed by atoms with Crippen molar-refractivity contribution in [1.29, 1.82) is 0 Å². The average molecular weight is 419 g/mol. The minimum Gasteiger partial charge on any atom is -0.399 e. The Bertz CT molecular complexity index is 789. The van der Waals surface area contributed by atoms with E-state index in [9.17, 15) is 0 Å². The van der Waals surface area contributed by atoms with Gasteiger partial charge in [0.2, 0.25) is 0 Å². The number of anilines is 2. The Kier molecular flexibility index (Phi) is 7.58. The third-order valence-corrected chi connectivity index (χ3v) is 8.22. The van der Waals surface area contributed by atoms with Gasteiger partial charge in [-0.1, -0.05) is 56.9 Å². The molecular weight excluding hydrogens is 376 g/mol. The average Bonchev–Trinajstić information content (AvgIpc) is 2.78. The fourth-order valence-corrected chi connectivity index (χ4v) is 6.42. The molecule has 0 unspecified atom stereocenters. The number of hydrogen-bond donors (Lipinski definition) is 2. The van der Waals surface area contributed by atoms with Gasteiger partial charge in [-0.3, -0.25) is 0 Å². The van der Waals surface area contributed by atoms with E-state index in [0.717, 1.165) is 47.9 Å². The smallest absolute Gasteiger partial charge is 0.0337 e. The van der Waals surface area contributed by atoms with E-state index in [1.54, 1.807) is 5.56 Å². The lowest BCUT2D eigenvalue weighted by Crippen LogP contribution is -2.25. The molecule has 2 aliphatic carbocycles. The Morgan fingerprint density at radius 3 is 1.81 bits per heavy atom. The summed E-state index contributed by atoms with van der Waals surface area (Å²) in [5, 5.41) is 0. The molecule has 0 aromatic heterocycles. The molecule has 2 aromatic carbocycles. The summed E-state index contributed by atoms with van der Waals surface area (Å²) in [6.07, 6.45) is 16.6. The minimum atomic E-state index is 0.759. The van der Waals surface area contributed by atoms with Crippen molar-refractivity contribution in [2.24, 2.45) is 17.8 Å². The van der Waals surface area contributed by atoms with E-state index in [-0.39, 0.29) is 0 Å². The molecule has 0 atom stereocenters. The van der Waals surface area contributed by atoms with Crippen LogP contribution in [0.3, 0.4) is 0 Å². The van der Waals surface area contributed by atoms with E-state index in [1.807, 2.05) is 18.2 Å². The van der Waals surface area contributed by atoms with Gasteiger partial charge in [0.15, 0.2) is 0 Å². The van der Waals surface area contributed by atoms with E-state index in [0.29, 0.717) is 0 Å². The lowest BCUT2D eigenvalue weighted by molar-refractivity contribution is 0.156. The summed E-state index contributed by atoms with van der Waals surface area (Å²) in [6, 6.07) is 15.4. The molecule has 0 heterocycles. The number of aryl methyl sites for hydroxylation is 2. The van der Waals surface area contributed by atoms with Crippen molar-refractivity contribution in [2.75, 3.05) is 11.5 Å². The monoisotopic (exact) mass is 418 g/mol. The third kappa shape index (κ3) is 6.05. The number of nitrogen functional groups attached to an aromatic ring is 2. The van der Waals surface area contributed by atoms with Crippen LogP contribution in [0.4, 0.5) is 11.4 Å². The van der Waals surface area contributed by atoms with Crippen molar-refractivity contribution in [3.8, 4) is 0 Å². The van der Waals surface area contributed by atoms with Crippen molar-refractivity contribution in [3.05, 3.63) is 59.2 Å². The molecule has 4 N–H and O–H groups in total. The number of nitrogens with two attached hydrogens (primary N) is 2. The first-order valence-electron chi connectivity index (χ1n) is 12.8. The first-order valence-corrected chi connectivity index (χ1v) is 12.8. The lowest BCUT2D eigenvalue weighted by atomic mass is 9.68. The lowest BCUT2D eigenvalue weighted by Gasteiger charge is -2.38. The molecule has 31 heavy (non-hydrogen) atoms. The van der Waals surface area contributed by atoms with Gasteiger partial charge >= 0.3 is 0 Å². The molecule has 2 nitrogen and oxygen atoms in total. The fraction of sp³-hybridized carbons (Fsp3) is 0.586. The summed E-state index contributed by atoms with van der Waals surface area (Å²) in [6.45, 7) is 2.34. The van der Waals surface area contributed by atoms with Gasteiger partial charge < -0.3 is 11.5 Å². The van der Waals surface area contributed by atoms with E-state index in [4.69, 9.17) is 11.5 Å². The zero-order chi connectivity index (χ0) is 21.6. The van der Waals surface area contributed by atoms with Crippen molar-refractivity contribution in [3.63, 3.8) is 0 Å². The van der Waals surface area contributed by atoms with Gasteiger partial charge in [0.1, 0.15) is 0 Å². The summed E-state index contributed by atoms with van der Waals surface area (Å²) in [5.74, 6) is 3.84. The highest BCUT2D eigenvalue weighted by Gasteiger charge is 2.31. The van der Waals surface area contributed by atoms with Gasteiger partial charge in [-0.15, -0.1) is 0 Å². The fourth-order valence-electron chi connectivity index (χ4n) is 6.42. The molecule has 0 spiro atoms. The van der Waals surface area contributed by atoms with Crippen LogP contribution < -0.4 is 11.5 Å².